The van der Waals surface area contributed by atoms with Gasteiger partial charge in [-0.3, -0.25) is 19.9 Å². The standard InChI is InChI=1S/C48H28N6O2/c1-5-21-49-39(9-1)43-27-35(28-44(53-43)40-10-2-6-22-50-40)15-13-33-17-19-37-38-20-18-34(32-48(38)56-26-25-55-47(37)31-33)14-16-36-29-45(41-11-3-7-23-51-41)54-46(30-36)42-12-4-8-24-52-42/h1-12,17-32H. The average Bonchev–Trinajstić information content (AvgIpc) is 3.27. The fourth-order valence-corrected chi connectivity index (χ4v) is 6.12. The average molecular weight is 721 g/mol. The maximum absolute atomic E-state index is 6.02. The highest BCUT2D eigenvalue weighted by molar-refractivity contribution is 6.02. The van der Waals surface area contributed by atoms with Gasteiger partial charge in [-0.15, -0.1) is 0 Å². The van der Waals surface area contributed by atoms with Crippen LogP contribution in [0.15, 0.2) is 180 Å². The molecule has 0 spiro atoms. The molecule has 0 saturated carbocycles. The van der Waals surface area contributed by atoms with E-state index in [0.29, 0.717) is 11.2 Å². The molecule has 0 aliphatic heterocycles. The van der Waals surface area contributed by atoms with Crippen molar-refractivity contribution in [3.05, 3.63) is 193 Å². The molecule has 9 aromatic rings. The minimum atomic E-state index is 0.649. The molecular formula is C48H28N6O2. The van der Waals surface area contributed by atoms with Crippen LogP contribution in [0.1, 0.15) is 22.3 Å². The van der Waals surface area contributed by atoms with Gasteiger partial charge in [0, 0.05) is 57.8 Å². The van der Waals surface area contributed by atoms with E-state index in [0.717, 1.165) is 78.6 Å². The second-order valence-electron chi connectivity index (χ2n) is 12.5. The quantitative estimate of drug-likeness (QED) is 0.166. The van der Waals surface area contributed by atoms with Crippen LogP contribution < -0.4 is 0 Å². The second-order valence-corrected chi connectivity index (χ2v) is 12.5. The maximum atomic E-state index is 6.02. The minimum Gasteiger partial charge on any atom is -0.461 e. The molecule has 7 aromatic heterocycles. The zero-order valence-corrected chi connectivity index (χ0v) is 29.7. The van der Waals surface area contributed by atoms with E-state index in [9.17, 15) is 0 Å². The lowest BCUT2D eigenvalue weighted by molar-refractivity contribution is 0.543. The molecular weight excluding hydrogens is 693 g/mol. The fourth-order valence-electron chi connectivity index (χ4n) is 6.12. The third-order valence-electron chi connectivity index (χ3n) is 8.76. The molecule has 0 saturated heterocycles. The van der Waals surface area contributed by atoms with Crippen LogP contribution in [0, 0.1) is 23.7 Å². The summed E-state index contributed by atoms with van der Waals surface area (Å²) in [7, 11) is 0. The van der Waals surface area contributed by atoms with Crippen molar-refractivity contribution in [2.45, 2.75) is 0 Å². The Kier molecular flexibility index (Phi) is 9.26. The van der Waals surface area contributed by atoms with E-state index in [2.05, 4.69) is 43.6 Å². The van der Waals surface area contributed by atoms with Crippen LogP contribution in [0.4, 0.5) is 0 Å². The summed E-state index contributed by atoms with van der Waals surface area (Å²) in [6.45, 7) is 0. The number of fused-ring (bicyclic) bond motifs is 3. The van der Waals surface area contributed by atoms with E-state index in [-0.39, 0.29) is 0 Å². The molecule has 0 fully saturated rings. The summed E-state index contributed by atoms with van der Waals surface area (Å²) >= 11 is 0. The molecule has 56 heavy (non-hydrogen) atoms. The van der Waals surface area contributed by atoms with Crippen LogP contribution in [0.2, 0.25) is 0 Å². The van der Waals surface area contributed by atoms with Crippen LogP contribution >= 0.6 is 0 Å². The van der Waals surface area contributed by atoms with Gasteiger partial charge in [0.1, 0.15) is 23.7 Å². The van der Waals surface area contributed by atoms with Crippen molar-refractivity contribution < 1.29 is 8.83 Å². The molecule has 0 aliphatic carbocycles. The number of rotatable bonds is 4. The number of nitrogens with zero attached hydrogens (tertiary/aromatic N) is 6. The van der Waals surface area contributed by atoms with Gasteiger partial charge in [0.25, 0.3) is 0 Å². The predicted molar refractivity (Wildman–Crippen MR) is 217 cm³/mol. The first-order chi connectivity index (χ1) is 27.7. The monoisotopic (exact) mass is 720 g/mol. The summed E-state index contributed by atoms with van der Waals surface area (Å²) in [4.78, 5) is 27.7. The van der Waals surface area contributed by atoms with Crippen LogP contribution in [0.5, 0.6) is 0 Å². The molecule has 262 valence electrons. The molecule has 8 heteroatoms. The Bertz CT molecular complexity index is 2710. The Morgan fingerprint density at radius 2 is 0.661 bits per heavy atom. The summed E-state index contributed by atoms with van der Waals surface area (Å²) in [6.07, 6.45) is 10.0. The number of hydrogen-bond donors (Lipinski definition) is 0. The van der Waals surface area contributed by atoms with Crippen molar-refractivity contribution in [2.24, 2.45) is 0 Å². The van der Waals surface area contributed by atoms with E-state index >= 15 is 0 Å². The highest BCUT2D eigenvalue weighted by Crippen LogP contribution is 2.27. The first-order valence-corrected chi connectivity index (χ1v) is 17.7. The molecule has 0 atom stereocenters. The molecule has 0 bridgehead atoms. The number of hydrogen-bond acceptors (Lipinski definition) is 8. The third-order valence-corrected chi connectivity index (χ3v) is 8.76. The summed E-state index contributed by atoms with van der Waals surface area (Å²) < 4.78 is 12.0. The van der Waals surface area contributed by atoms with Gasteiger partial charge in [-0.1, -0.05) is 47.9 Å². The molecule has 0 amide bonds. The van der Waals surface area contributed by atoms with Gasteiger partial charge >= 0.3 is 0 Å². The Hall–Kier alpha value is -8.20. The highest BCUT2D eigenvalue weighted by Gasteiger charge is 2.10. The van der Waals surface area contributed by atoms with Crippen LogP contribution in [0.3, 0.4) is 0 Å². The lowest BCUT2D eigenvalue weighted by atomic mass is 10.1. The normalized spacial score (nSPS) is 10.6. The van der Waals surface area contributed by atoms with Crippen molar-refractivity contribution in [1.82, 2.24) is 29.9 Å². The Morgan fingerprint density at radius 1 is 0.321 bits per heavy atom. The number of benzene rings is 2. The van der Waals surface area contributed by atoms with E-state index in [4.69, 9.17) is 18.8 Å². The lowest BCUT2D eigenvalue weighted by Crippen LogP contribution is -1.94. The zero-order chi connectivity index (χ0) is 37.5. The van der Waals surface area contributed by atoms with Gasteiger partial charge in [0.2, 0.25) is 0 Å². The molecule has 2 aromatic carbocycles. The fraction of sp³-hybridized carbons (Fsp3) is 0. The van der Waals surface area contributed by atoms with E-state index in [1.54, 1.807) is 24.8 Å². The van der Waals surface area contributed by atoms with Crippen LogP contribution in [-0.2, 0) is 0 Å². The first-order valence-electron chi connectivity index (χ1n) is 17.7. The smallest absolute Gasteiger partial charge is 0.135 e. The van der Waals surface area contributed by atoms with Crippen molar-refractivity contribution in [2.75, 3.05) is 0 Å². The Balaban J connectivity index is 1.06. The molecule has 0 unspecified atom stereocenters. The van der Waals surface area contributed by atoms with Gasteiger partial charge < -0.3 is 8.83 Å². The molecule has 0 radical (unpaired) electrons. The second kappa shape index (κ2) is 15.4. The van der Waals surface area contributed by atoms with Gasteiger partial charge in [-0.2, -0.15) is 0 Å². The van der Waals surface area contributed by atoms with Gasteiger partial charge in [-0.05, 0) is 109 Å². The van der Waals surface area contributed by atoms with Gasteiger partial charge in [0.15, 0.2) is 0 Å². The predicted octanol–water partition coefficient (Wildman–Crippen LogP) is 10.1. The number of aromatic nitrogens is 6. The molecule has 8 nitrogen and oxygen atoms in total. The first kappa shape index (κ1) is 33.6. The van der Waals surface area contributed by atoms with Crippen molar-refractivity contribution in [3.8, 4) is 69.2 Å². The van der Waals surface area contributed by atoms with Crippen molar-refractivity contribution >= 4 is 21.9 Å². The molecule has 0 N–H and O–H groups in total. The summed E-state index contributed by atoms with van der Waals surface area (Å²) in [5.74, 6) is 13.3. The van der Waals surface area contributed by atoms with E-state index in [1.807, 2.05) is 133 Å². The summed E-state index contributed by atoms with van der Waals surface area (Å²) in [5.41, 5.74) is 10.3. The molecule has 7 heterocycles. The largest absolute Gasteiger partial charge is 0.461 e. The van der Waals surface area contributed by atoms with Crippen LogP contribution in [0.25, 0.3) is 67.5 Å². The molecule has 0 aliphatic rings. The van der Waals surface area contributed by atoms with Gasteiger partial charge in [0.05, 0.1) is 45.6 Å². The van der Waals surface area contributed by atoms with Crippen molar-refractivity contribution in [1.29, 1.82) is 0 Å². The summed E-state index contributed by atoms with van der Waals surface area (Å²) in [5, 5.41) is 1.73. The molecule has 9 rings (SSSR count). The van der Waals surface area contributed by atoms with Crippen LogP contribution in [-0.4, -0.2) is 29.9 Å². The van der Waals surface area contributed by atoms with E-state index < -0.39 is 0 Å². The third kappa shape index (κ3) is 7.49. The van der Waals surface area contributed by atoms with Gasteiger partial charge in [-0.25, -0.2) is 9.97 Å². The Morgan fingerprint density at radius 3 is 0.982 bits per heavy atom. The Labute approximate surface area is 322 Å². The number of pyridine rings is 6. The SMILES string of the molecule is C(#Cc1ccc2c(c1)occoc1cc(C#Cc3cc(-c4ccccn4)nc(-c4ccccn4)c3)ccc12)c1cc(-c2ccccn2)nc(-c2ccccn2)c1. The lowest BCUT2D eigenvalue weighted by Gasteiger charge is -2.06. The highest BCUT2D eigenvalue weighted by atomic mass is 16.4. The topological polar surface area (TPSA) is 104 Å². The zero-order valence-electron chi connectivity index (χ0n) is 29.7. The van der Waals surface area contributed by atoms with Crippen molar-refractivity contribution in [3.63, 3.8) is 0 Å². The summed E-state index contributed by atoms with van der Waals surface area (Å²) in [6, 6.07) is 42.5. The van der Waals surface area contributed by atoms with E-state index in [1.165, 1.54) is 12.5 Å². The minimum absolute atomic E-state index is 0.649. The maximum Gasteiger partial charge on any atom is 0.135 e.